The smallest absolute Gasteiger partial charge is 0.0642 e. The number of ether oxygens (including phenoxy) is 1. The lowest BCUT2D eigenvalue weighted by molar-refractivity contribution is 0.202. The third-order valence-corrected chi connectivity index (χ3v) is 4.76. The Labute approximate surface area is 129 Å². The Kier molecular flexibility index (Phi) is 5.55. The molecule has 1 unspecified atom stereocenters. The fraction of sp³-hybridized carbons (Fsp3) is 0.600. The van der Waals surface area contributed by atoms with Gasteiger partial charge in [-0.1, -0.05) is 33.6 Å². The molecule has 19 heavy (non-hydrogen) atoms. The van der Waals surface area contributed by atoms with Crippen molar-refractivity contribution < 1.29 is 4.74 Å². The van der Waals surface area contributed by atoms with Gasteiger partial charge in [0.2, 0.25) is 0 Å². The lowest BCUT2D eigenvalue weighted by atomic mass is 10.1. The van der Waals surface area contributed by atoms with Crippen LogP contribution in [0.15, 0.2) is 18.2 Å². The highest BCUT2D eigenvalue weighted by Gasteiger charge is 2.32. The van der Waals surface area contributed by atoms with E-state index in [0.717, 1.165) is 35.1 Å². The molecule has 1 saturated carbocycles. The van der Waals surface area contributed by atoms with E-state index in [4.69, 9.17) is 16.3 Å². The molecule has 0 spiro atoms. The summed E-state index contributed by atoms with van der Waals surface area (Å²) in [5.74, 6) is 0.809. The van der Waals surface area contributed by atoms with Gasteiger partial charge in [-0.25, -0.2) is 0 Å². The Balaban J connectivity index is 2.20. The molecular formula is C15H21BrClNO. The first kappa shape index (κ1) is 15.1. The number of anilines is 1. The number of hydrogen-bond donors (Lipinski definition) is 0. The SMILES string of the molecule is COCCN(c1ccc(CBr)cc1Cl)C(C)C1CC1. The van der Waals surface area contributed by atoms with Gasteiger partial charge >= 0.3 is 0 Å². The number of alkyl halides is 1. The zero-order valence-corrected chi connectivity index (χ0v) is 13.9. The number of hydrogen-bond acceptors (Lipinski definition) is 2. The second-order valence-corrected chi connectivity index (χ2v) is 6.15. The maximum Gasteiger partial charge on any atom is 0.0642 e. The van der Waals surface area contributed by atoms with Gasteiger partial charge in [-0.3, -0.25) is 0 Å². The number of methoxy groups -OCH3 is 1. The summed E-state index contributed by atoms with van der Waals surface area (Å²) in [7, 11) is 1.75. The summed E-state index contributed by atoms with van der Waals surface area (Å²) in [4.78, 5) is 2.39. The van der Waals surface area contributed by atoms with E-state index in [0.29, 0.717) is 6.04 Å². The van der Waals surface area contributed by atoms with Crippen LogP contribution in [0.2, 0.25) is 5.02 Å². The molecule has 1 aromatic carbocycles. The molecule has 0 amide bonds. The van der Waals surface area contributed by atoms with E-state index in [1.54, 1.807) is 7.11 Å². The third kappa shape index (κ3) is 3.87. The van der Waals surface area contributed by atoms with Crippen molar-refractivity contribution in [2.75, 3.05) is 25.2 Å². The summed E-state index contributed by atoms with van der Waals surface area (Å²) in [5.41, 5.74) is 2.34. The summed E-state index contributed by atoms with van der Waals surface area (Å²) in [6.07, 6.45) is 2.67. The van der Waals surface area contributed by atoms with Gasteiger partial charge in [-0.2, -0.15) is 0 Å². The number of nitrogens with zero attached hydrogens (tertiary/aromatic N) is 1. The molecule has 1 fully saturated rings. The quantitative estimate of drug-likeness (QED) is 0.675. The molecule has 4 heteroatoms. The van der Waals surface area contributed by atoms with Gasteiger partial charge in [0.1, 0.15) is 0 Å². The van der Waals surface area contributed by atoms with Crippen molar-refractivity contribution in [2.45, 2.75) is 31.1 Å². The number of rotatable bonds is 7. The van der Waals surface area contributed by atoms with Crippen LogP contribution in [0.25, 0.3) is 0 Å². The first-order valence-electron chi connectivity index (χ1n) is 6.77. The average molecular weight is 347 g/mol. The molecule has 106 valence electrons. The van der Waals surface area contributed by atoms with Crippen molar-refractivity contribution in [1.29, 1.82) is 0 Å². The van der Waals surface area contributed by atoms with Crippen molar-refractivity contribution in [1.82, 2.24) is 0 Å². The molecule has 0 aliphatic heterocycles. The van der Waals surface area contributed by atoms with Crippen molar-refractivity contribution in [2.24, 2.45) is 5.92 Å². The van der Waals surface area contributed by atoms with Crippen molar-refractivity contribution in [3.05, 3.63) is 28.8 Å². The van der Waals surface area contributed by atoms with E-state index in [9.17, 15) is 0 Å². The second-order valence-electron chi connectivity index (χ2n) is 5.18. The molecule has 2 rings (SSSR count). The Bertz CT molecular complexity index is 423. The third-order valence-electron chi connectivity index (χ3n) is 3.81. The first-order valence-corrected chi connectivity index (χ1v) is 8.27. The minimum Gasteiger partial charge on any atom is -0.383 e. The van der Waals surface area contributed by atoms with Crippen LogP contribution in [0.3, 0.4) is 0 Å². The molecule has 1 atom stereocenters. The molecule has 2 nitrogen and oxygen atoms in total. The molecule has 1 aromatic rings. The summed E-state index contributed by atoms with van der Waals surface area (Å²) in [6.45, 7) is 3.91. The van der Waals surface area contributed by atoms with Gasteiger partial charge in [-0.05, 0) is 43.4 Å². The van der Waals surface area contributed by atoms with Gasteiger partial charge < -0.3 is 9.64 Å². The lowest BCUT2D eigenvalue weighted by Crippen LogP contribution is -2.37. The molecule has 0 aromatic heterocycles. The molecule has 0 radical (unpaired) electrons. The fourth-order valence-corrected chi connectivity index (χ4v) is 3.09. The second kappa shape index (κ2) is 6.96. The van der Waals surface area contributed by atoms with Crippen molar-refractivity contribution >= 4 is 33.2 Å². The molecule has 0 heterocycles. The maximum atomic E-state index is 6.45. The maximum absolute atomic E-state index is 6.45. The largest absolute Gasteiger partial charge is 0.383 e. The van der Waals surface area contributed by atoms with E-state index in [2.05, 4.69) is 39.9 Å². The molecule has 1 aliphatic rings. The van der Waals surface area contributed by atoms with Crippen LogP contribution < -0.4 is 4.90 Å². The molecule has 0 bridgehead atoms. The summed E-state index contributed by atoms with van der Waals surface area (Å²) in [6, 6.07) is 6.84. The summed E-state index contributed by atoms with van der Waals surface area (Å²) < 4.78 is 5.24. The fourth-order valence-electron chi connectivity index (χ4n) is 2.43. The van der Waals surface area contributed by atoms with E-state index in [-0.39, 0.29) is 0 Å². The topological polar surface area (TPSA) is 12.5 Å². The van der Waals surface area contributed by atoms with Crippen LogP contribution in [0.1, 0.15) is 25.3 Å². The standard InChI is InChI=1S/C15H21BrClNO/c1-11(13-4-5-13)18(7-8-19-2)15-6-3-12(10-16)9-14(15)17/h3,6,9,11,13H,4-5,7-8,10H2,1-2H3. The van der Waals surface area contributed by atoms with Crippen LogP contribution in [0, 0.1) is 5.92 Å². The van der Waals surface area contributed by atoms with Gasteiger partial charge in [0.05, 0.1) is 17.3 Å². The van der Waals surface area contributed by atoms with E-state index >= 15 is 0 Å². The molecule has 0 N–H and O–H groups in total. The molecule has 0 saturated heterocycles. The molecule has 1 aliphatic carbocycles. The predicted octanol–water partition coefficient (Wildman–Crippen LogP) is 4.49. The van der Waals surface area contributed by atoms with Crippen LogP contribution in [0.5, 0.6) is 0 Å². The van der Waals surface area contributed by atoms with Crippen LogP contribution in [-0.2, 0) is 10.1 Å². The van der Waals surface area contributed by atoms with Crippen LogP contribution in [-0.4, -0.2) is 26.3 Å². The highest BCUT2D eigenvalue weighted by Crippen LogP contribution is 2.38. The van der Waals surface area contributed by atoms with E-state index < -0.39 is 0 Å². The van der Waals surface area contributed by atoms with Crippen LogP contribution in [0.4, 0.5) is 5.69 Å². The number of benzene rings is 1. The molecular weight excluding hydrogens is 326 g/mol. The Morgan fingerprint density at radius 1 is 1.47 bits per heavy atom. The monoisotopic (exact) mass is 345 g/mol. The summed E-state index contributed by atoms with van der Waals surface area (Å²) in [5, 5.41) is 1.67. The summed E-state index contributed by atoms with van der Waals surface area (Å²) >= 11 is 9.91. The van der Waals surface area contributed by atoms with Gasteiger partial charge in [0, 0.05) is 25.0 Å². The predicted molar refractivity (Wildman–Crippen MR) is 85.5 cm³/mol. The Hall–Kier alpha value is -0.250. The lowest BCUT2D eigenvalue weighted by Gasteiger charge is -2.32. The van der Waals surface area contributed by atoms with Gasteiger partial charge in [0.25, 0.3) is 0 Å². The first-order chi connectivity index (χ1) is 9.17. The zero-order chi connectivity index (χ0) is 13.8. The Morgan fingerprint density at radius 2 is 2.21 bits per heavy atom. The average Bonchev–Trinajstić information content (AvgIpc) is 3.24. The Morgan fingerprint density at radius 3 is 2.74 bits per heavy atom. The normalized spacial score (nSPS) is 16.4. The van der Waals surface area contributed by atoms with Gasteiger partial charge in [-0.15, -0.1) is 0 Å². The van der Waals surface area contributed by atoms with E-state index in [1.807, 2.05) is 6.07 Å². The number of halogens is 2. The van der Waals surface area contributed by atoms with Crippen molar-refractivity contribution in [3.63, 3.8) is 0 Å². The highest BCUT2D eigenvalue weighted by atomic mass is 79.9. The minimum absolute atomic E-state index is 0.530. The van der Waals surface area contributed by atoms with Gasteiger partial charge in [0.15, 0.2) is 0 Å². The van der Waals surface area contributed by atoms with Crippen molar-refractivity contribution in [3.8, 4) is 0 Å². The zero-order valence-electron chi connectivity index (χ0n) is 11.5. The minimum atomic E-state index is 0.530. The highest BCUT2D eigenvalue weighted by molar-refractivity contribution is 9.08. The van der Waals surface area contributed by atoms with Crippen LogP contribution >= 0.6 is 27.5 Å². The van der Waals surface area contributed by atoms with E-state index in [1.165, 1.54) is 18.4 Å².